The lowest BCUT2D eigenvalue weighted by molar-refractivity contribution is 0.116. The largest absolute Gasteiger partial charge is 0.304 e. The highest BCUT2D eigenvalue weighted by Crippen LogP contribution is 2.34. The van der Waals surface area contributed by atoms with Crippen LogP contribution in [-0.4, -0.2) is 49.7 Å². The number of aromatic nitrogens is 4. The lowest BCUT2D eigenvalue weighted by atomic mass is 9.94. The summed E-state index contributed by atoms with van der Waals surface area (Å²) in [5.41, 5.74) is 3.83. The van der Waals surface area contributed by atoms with Gasteiger partial charge in [-0.25, -0.2) is 14.6 Å². The van der Waals surface area contributed by atoms with Crippen molar-refractivity contribution >= 4 is 46.0 Å². The molecule has 0 amide bonds. The predicted molar refractivity (Wildman–Crippen MR) is 134 cm³/mol. The summed E-state index contributed by atoms with van der Waals surface area (Å²) in [6.45, 7) is 6.11. The molecule has 33 heavy (non-hydrogen) atoms. The van der Waals surface area contributed by atoms with Gasteiger partial charge in [-0.15, -0.1) is 0 Å². The topological polar surface area (TPSA) is 50.1 Å². The van der Waals surface area contributed by atoms with Crippen LogP contribution in [-0.2, 0) is 0 Å². The molecule has 6 nitrogen and oxygen atoms in total. The molecule has 0 bridgehead atoms. The lowest BCUT2D eigenvalue weighted by Gasteiger charge is -2.48. The summed E-state index contributed by atoms with van der Waals surface area (Å²) < 4.78 is 2.00. The van der Waals surface area contributed by atoms with Crippen LogP contribution in [0.3, 0.4) is 0 Å². The smallest absolute Gasteiger partial charge is 0.224 e. The van der Waals surface area contributed by atoms with Crippen molar-refractivity contribution in [2.24, 2.45) is 0 Å². The molecule has 0 N–H and O–H groups in total. The van der Waals surface area contributed by atoms with Crippen molar-refractivity contribution in [1.29, 1.82) is 0 Å². The van der Waals surface area contributed by atoms with Gasteiger partial charge in [-0.2, -0.15) is 4.98 Å². The van der Waals surface area contributed by atoms with Crippen molar-refractivity contribution in [1.82, 2.24) is 24.5 Å². The molecule has 1 aliphatic rings. The third-order valence-electron chi connectivity index (χ3n) is 6.22. The van der Waals surface area contributed by atoms with Crippen LogP contribution >= 0.6 is 34.8 Å². The van der Waals surface area contributed by atoms with Crippen molar-refractivity contribution in [2.45, 2.75) is 32.0 Å². The lowest BCUT2D eigenvalue weighted by Crippen LogP contribution is -2.60. The van der Waals surface area contributed by atoms with Gasteiger partial charge in [0, 0.05) is 22.6 Å². The minimum atomic E-state index is 0.0791. The Hall–Kier alpha value is -2.38. The Morgan fingerprint density at radius 2 is 1.42 bits per heavy atom. The molecule has 0 unspecified atom stereocenters. The second-order valence-corrected chi connectivity index (χ2v) is 9.67. The number of hydrogen-bond donors (Lipinski definition) is 0. The van der Waals surface area contributed by atoms with Crippen LogP contribution in [0.2, 0.25) is 15.3 Å². The van der Waals surface area contributed by atoms with Gasteiger partial charge >= 0.3 is 0 Å². The minimum absolute atomic E-state index is 0.0791. The van der Waals surface area contributed by atoms with Crippen molar-refractivity contribution in [3.8, 4) is 0 Å². The molecule has 170 valence electrons. The summed E-state index contributed by atoms with van der Waals surface area (Å²) in [6.07, 6.45) is 3.45. The Morgan fingerprint density at radius 3 is 2.03 bits per heavy atom. The van der Waals surface area contributed by atoms with Gasteiger partial charge in [-0.1, -0.05) is 47.5 Å². The van der Waals surface area contributed by atoms with Crippen molar-refractivity contribution in [3.05, 3.63) is 87.5 Å². The molecule has 2 aromatic carbocycles. The number of nitrogens with zero attached hydrogens (tertiary/aromatic N) is 6. The Kier molecular flexibility index (Phi) is 6.18. The first-order valence-corrected chi connectivity index (χ1v) is 11.9. The summed E-state index contributed by atoms with van der Waals surface area (Å²) in [5, 5.41) is 3.97. The zero-order chi connectivity index (χ0) is 23.1. The SMILES string of the molecule is C[C@@H]1CN(n2cnc3cnc(Cl)nc32)[C@@H](C)CN1C(c1ccc(Cl)cc1)c1ccc(Cl)cc1. The summed E-state index contributed by atoms with van der Waals surface area (Å²) in [7, 11) is 0. The average Bonchev–Trinajstić information content (AvgIpc) is 3.21. The van der Waals surface area contributed by atoms with Gasteiger partial charge in [-0.05, 0) is 60.8 Å². The maximum absolute atomic E-state index is 6.19. The average molecular weight is 502 g/mol. The number of benzene rings is 2. The zero-order valence-corrected chi connectivity index (χ0v) is 20.5. The fourth-order valence-electron chi connectivity index (χ4n) is 4.63. The number of piperazine rings is 1. The van der Waals surface area contributed by atoms with E-state index in [4.69, 9.17) is 34.8 Å². The minimum Gasteiger partial charge on any atom is -0.304 e. The Labute approximate surface area is 207 Å². The second-order valence-electron chi connectivity index (χ2n) is 8.46. The predicted octanol–water partition coefficient (Wildman–Crippen LogP) is 5.61. The molecule has 9 heteroatoms. The van der Waals surface area contributed by atoms with E-state index in [-0.39, 0.29) is 23.4 Å². The summed E-state index contributed by atoms with van der Waals surface area (Å²) in [6, 6.07) is 16.7. The standard InChI is InChI=1S/C24H23Cl3N6/c1-15-13-32(33-14-29-21-11-28-24(27)30-23(21)33)16(2)12-31(15)22(17-3-7-19(25)8-4-17)18-5-9-20(26)10-6-18/h3-11,14-16,22H,12-13H2,1-2H3/t15-,16+/m1/s1. The van der Waals surface area contributed by atoms with E-state index in [1.165, 1.54) is 11.1 Å². The molecule has 1 fully saturated rings. The number of imidazole rings is 1. The summed E-state index contributed by atoms with van der Waals surface area (Å²) in [4.78, 5) is 15.5. The monoisotopic (exact) mass is 500 g/mol. The molecule has 3 heterocycles. The highest BCUT2D eigenvalue weighted by Gasteiger charge is 2.35. The third kappa shape index (κ3) is 4.41. The highest BCUT2D eigenvalue weighted by atomic mass is 35.5. The van der Waals surface area contributed by atoms with E-state index in [0.717, 1.165) is 34.3 Å². The Bertz CT molecular complexity index is 1210. The molecule has 4 aromatic rings. The molecular weight excluding hydrogens is 479 g/mol. The Balaban J connectivity index is 1.49. The molecule has 0 aliphatic carbocycles. The molecular formula is C24H23Cl3N6. The first kappa shape index (κ1) is 22.4. The van der Waals surface area contributed by atoms with Crippen molar-refractivity contribution in [3.63, 3.8) is 0 Å². The summed E-state index contributed by atoms with van der Waals surface area (Å²) >= 11 is 18.4. The number of hydrogen-bond acceptors (Lipinski definition) is 5. The normalized spacial score (nSPS) is 19.5. The zero-order valence-electron chi connectivity index (χ0n) is 18.2. The van der Waals surface area contributed by atoms with E-state index in [1.54, 1.807) is 12.5 Å². The molecule has 0 saturated carbocycles. The Morgan fingerprint density at radius 1 is 0.818 bits per heavy atom. The molecule has 1 aliphatic heterocycles. The van der Waals surface area contributed by atoms with Gasteiger partial charge in [-0.3, -0.25) is 4.90 Å². The summed E-state index contributed by atoms with van der Waals surface area (Å²) in [5.74, 6) is 0. The van der Waals surface area contributed by atoms with Crippen LogP contribution in [0.15, 0.2) is 61.1 Å². The van der Waals surface area contributed by atoms with Gasteiger partial charge < -0.3 is 5.01 Å². The van der Waals surface area contributed by atoms with E-state index >= 15 is 0 Å². The maximum Gasteiger partial charge on any atom is 0.224 e. The van der Waals surface area contributed by atoms with Gasteiger partial charge in [0.05, 0.1) is 24.8 Å². The number of fused-ring (bicyclic) bond motifs is 1. The first-order valence-electron chi connectivity index (χ1n) is 10.8. The van der Waals surface area contributed by atoms with Crippen LogP contribution in [0.4, 0.5) is 0 Å². The molecule has 2 atom stereocenters. The fourth-order valence-corrected chi connectivity index (χ4v) is 5.01. The fraction of sp³-hybridized carbons (Fsp3) is 0.292. The van der Waals surface area contributed by atoms with E-state index < -0.39 is 0 Å². The van der Waals surface area contributed by atoms with Crippen LogP contribution in [0.5, 0.6) is 0 Å². The van der Waals surface area contributed by atoms with E-state index in [1.807, 2.05) is 28.9 Å². The third-order valence-corrected chi connectivity index (χ3v) is 6.91. The van der Waals surface area contributed by atoms with Crippen LogP contribution in [0.1, 0.15) is 31.0 Å². The van der Waals surface area contributed by atoms with Crippen LogP contribution in [0.25, 0.3) is 11.2 Å². The van der Waals surface area contributed by atoms with Crippen LogP contribution in [0, 0.1) is 0 Å². The molecule has 2 aromatic heterocycles. The maximum atomic E-state index is 6.19. The van der Waals surface area contributed by atoms with Gasteiger partial charge in [0.2, 0.25) is 5.28 Å². The molecule has 5 rings (SSSR count). The molecule has 1 saturated heterocycles. The quantitative estimate of drug-likeness (QED) is 0.340. The first-order chi connectivity index (χ1) is 15.9. The van der Waals surface area contributed by atoms with Gasteiger partial charge in [0.1, 0.15) is 11.8 Å². The van der Waals surface area contributed by atoms with E-state index in [2.05, 4.69) is 63.0 Å². The van der Waals surface area contributed by atoms with Crippen molar-refractivity contribution in [2.75, 3.05) is 18.1 Å². The molecule has 0 radical (unpaired) electrons. The van der Waals surface area contributed by atoms with Crippen molar-refractivity contribution < 1.29 is 0 Å². The number of rotatable bonds is 4. The van der Waals surface area contributed by atoms with Crippen LogP contribution < -0.4 is 5.01 Å². The molecule has 0 spiro atoms. The number of halogens is 3. The van der Waals surface area contributed by atoms with E-state index in [9.17, 15) is 0 Å². The second kappa shape index (κ2) is 9.11. The van der Waals surface area contributed by atoms with Gasteiger partial charge in [0.25, 0.3) is 0 Å². The van der Waals surface area contributed by atoms with Gasteiger partial charge in [0.15, 0.2) is 5.65 Å². The highest BCUT2D eigenvalue weighted by molar-refractivity contribution is 6.30. The van der Waals surface area contributed by atoms with E-state index in [0.29, 0.717) is 0 Å².